The predicted octanol–water partition coefficient (Wildman–Crippen LogP) is 3.43. The van der Waals surface area contributed by atoms with Crippen molar-refractivity contribution < 1.29 is 14.3 Å². The Morgan fingerprint density at radius 2 is 1.95 bits per heavy atom. The molecule has 1 rings (SSSR count). The van der Waals surface area contributed by atoms with Gasteiger partial charge in [0.15, 0.2) is 6.61 Å². The zero-order chi connectivity index (χ0) is 15.0. The highest BCUT2D eigenvalue weighted by atomic mass is 79.9. The van der Waals surface area contributed by atoms with Gasteiger partial charge < -0.3 is 15.2 Å². The predicted molar refractivity (Wildman–Crippen MR) is 86.0 cm³/mol. The largest absolute Gasteiger partial charge is 0.480 e. The number of hydrogen-bond donors (Lipinski definition) is 1. The van der Waals surface area contributed by atoms with E-state index in [0.717, 1.165) is 33.8 Å². The van der Waals surface area contributed by atoms with E-state index in [-0.39, 0.29) is 12.6 Å². The van der Waals surface area contributed by atoms with Crippen LogP contribution in [0.5, 0.6) is 5.75 Å². The molecule has 0 saturated carbocycles. The van der Waals surface area contributed by atoms with Crippen LogP contribution < -0.4 is 10.5 Å². The molecule has 0 unspecified atom stereocenters. The Morgan fingerprint density at radius 3 is 2.50 bits per heavy atom. The maximum absolute atomic E-state index is 11.5. The molecule has 0 aromatic heterocycles. The van der Waals surface area contributed by atoms with Crippen LogP contribution in [-0.2, 0) is 16.0 Å². The minimum atomic E-state index is -0.358. The molecule has 0 heterocycles. The van der Waals surface area contributed by atoms with Crippen molar-refractivity contribution in [3.8, 4) is 5.75 Å². The first kappa shape index (κ1) is 17.5. The molecule has 0 aliphatic carbocycles. The molecule has 1 aromatic carbocycles. The summed E-state index contributed by atoms with van der Waals surface area (Å²) in [6, 6.07) is 3.88. The number of benzene rings is 1. The Hall–Kier alpha value is -0.590. The first-order valence-electron chi connectivity index (χ1n) is 6.54. The fourth-order valence-corrected chi connectivity index (χ4v) is 3.07. The second-order valence-electron chi connectivity index (χ2n) is 4.29. The standard InChI is InChI=1S/C14H19Br2NO3/c1-2-3-6-19-13(18)9-20-14-11(15)7-10(4-5-17)8-12(14)16/h7-8H,2-6,9,17H2,1H3. The molecule has 0 atom stereocenters. The maximum Gasteiger partial charge on any atom is 0.344 e. The Kier molecular flexibility index (Phi) is 8.18. The van der Waals surface area contributed by atoms with Gasteiger partial charge in [-0.2, -0.15) is 0 Å². The van der Waals surface area contributed by atoms with Crippen LogP contribution in [0.2, 0.25) is 0 Å². The van der Waals surface area contributed by atoms with Crippen LogP contribution >= 0.6 is 31.9 Å². The van der Waals surface area contributed by atoms with Crippen molar-refractivity contribution in [3.63, 3.8) is 0 Å². The Labute approximate surface area is 136 Å². The second kappa shape index (κ2) is 9.37. The Morgan fingerprint density at radius 1 is 1.30 bits per heavy atom. The van der Waals surface area contributed by atoms with Crippen molar-refractivity contribution in [3.05, 3.63) is 26.6 Å². The summed E-state index contributed by atoms with van der Waals surface area (Å²) in [7, 11) is 0. The van der Waals surface area contributed by atoms with E-state index in [1.54, 1.807) is 0 Å². The molecule has 6 heteroatoms. The van der Waals surface area contributed by atoms with Gasteiger partial charge in [0.05, 0.1) is 15.6 Å². The average molecular weight is 409 g/mol. The molecule has 4 nitrogen and oxygen atoms in total. The van der Waals surface area contributed by atoms with E-state index in [2.05, 4.69) is 31.9 Å². The van der Waals surface area contributed by atoms with Gasteiger partial charge in [-0.1, -0.05) is 13.3 Å². The zero-order valence-corrected chi connectivity index (χ0v) is 14.6. The third kappa shape index (κ3) is 5.81. The fraction of sp³-hybridized carbons (Fsp3) is 0.500. The Bertz CT molecular complexity index is 429. The van der Waals surface area contributed by atoms with Crippen molar-refractivity contribution in [1.29, 1.82) is 0 Å². The molecule has 0 saturated heterocycles. The van der Waals surface area contributed by atoms with Gasteiger partial charge in [0.25, 0.3) is 0 Å². The highest BCUT2D eigenvalue weighted by Crippen LogP contribution is 2.34. The lowest BCUT2D eigenvalue weighted by Crippen LogP contribution is -2.16. The quantitative estimate of drug-likeness (QED) is 0.528. The summed E-state index contributed by atoms with van der Waals surface area (Å²) in [5.74, 6) is 0.237. The molecule has 0 fully saturated rings. The third-order valence-electron chi connectivity index (χ3n) is 2.59. The van der Waals surface area contributed by atoms with E-state index in [0.29, 0.717) is 18.9 Å². The molecule has 0 bridgehead atoms. The monoisotopic (exact) mass is 407 g/mol. The molecule has 112 valence electrons. The van der Waals surface area contributed by atoms with Crippen LogP contribution in [0.1, 0.15) is 25.3 Å². The molecule has 0 aliphatic heterocycles. The number of halogens is 2. The number of ether oxygens (including phenoxy) is 2. The topological polar surface area (TPSA) is 61.5 Å². The summed E-state index contributed by atoms with van der Waals surface area (Å²) < 4.78 is 12.1. The number of unbranched alkanes of at least 4 members (excludes halogenated alkanes) is 1. The number of hydrogen-bond acceptors (Lipinski definition) is 4. The van der Waals surface area contributed by atoms with E-state index >= 15 is 0 Å². The lowest BCUT2D eigenvalue weighted by molar-refractivity contribution is -0.146. The van der Waals surface area contributed by atoms with Gasteiger partial charge in [-0.15, -0.1) is 0 Å². The van der Waals surface area contributed by atoms with Crippen LogP contribution in [-0.4, -0.2) is 25.7 Å². The van der Waals surface area contributed by atoms with Crippen molar-refractivity contribution in [2.75, 3.05) is 19.8 Å². The van der Waals surface area contributed by atoms with E-state index < -0.39 is 0 Å². The number of rotatable bonds is 8. The summed E-state index contributed by atoms with van der Waals surface area (Å²) >= 11 is 6.87. The van der Waals surface area contributed by atoms with E-state index in [1.807, 2.05) is 19.1 Å². The summed E-state index contributed by atoms with van der Waals surface area (Å²) in [5, 5.41) is 0. The molecule has 2 N–H and O–H groups in total. The third-order valence-corrected chi connectivity index (χ3v) is 3.76. The van der Waals surface area contributed by atoms with Crippen LogP contribution in [0.15, 0.2) is 21.1 Å². The number of carbonyl (C=O) groups is 1. The van der Waals surface area contributed by atoms with Gasteiger partial charge >= 0.3 is 5.97 Å². The van der Waals surface area contributed by atoms with Crippen molar-refractivity contribution in [2.45, 2.75) is 26.2 Å². The van der Waals surface area contributed by atoms with Gasteiger partial charge in [-0.3, -0.25) is 0 Å². The van der Waals surface area contributed by atoms with Gasteiger partial charge in [0, 0.05) is 0 Å². The van der Waals surface area contributed by atoms with Crippen LogP contribution in [0, 0.1) is 0 Å². The minimum Gasteiger partial charge on any atom is -0.480 e. The molecular weight excluding hydrogens is 390 g/mol. The number of esters is 1. The van der Waals surface area contributed by atoms with Crippen LogP contribution in [0.3, 0.4) is 0 Å². The highest BCUT2D eigenvalue weighted by molar-refractivity contribution is 9.11. The van der Waals surface area contributed by atoms with Crippen LogP contribution in [0.4, 0.5) is 0 Å². The minimum absolute atomic E-state index is 0.100. The molecule has 0 amide bonds. The molecular formula is C14H19Br2NO3. The molecule has 0 aliphatic rings. The molecule has 1 aromatic rings. The van der Waals surface area contributed by atoms with Crippen molar-refractivity contribution in [2.24, 2.45) is 5.73 Å². The second-order valence-corrected chi connectivity index (χ2v) is 6.00. The fourth-order valence-electron chi connectivity index (χ4n) is 1.56. The van der Waals surface area contributed by atoms with Crippen molar-refractivity contribution >= 4 is 37.8 Å². The van der Waals surface area contributed by atoms with Gasteiger partial charge in [0.2, 0.25) is 0 Å². The van der Waals surface area contributed by atoms with E-state index in [9.17, 15) is 4.79 Å². The summed E-state index contributed by atoms with van der Waals surface area (Å²) in [4.78, 5) is 11.5. The van der Waals surface area contributed by atoms with Gasteiger partial charge in [-0.05, 0) is 68.9 Å². The average Bonchev–Trinajstić information content (AvgIpc) is 2.38. The van der Waals surface area contributed by atoms with E-state index in [1.165, 1.54) is 0 Å². The highest BCUT2D eigenvalue weighted by Gasteiger charge is 2.11. The SMILES string of the molecule is CCCCOC(=O)COc1c(Br)cc(CCN)cc1Br. The summed E-state index contributed by atoms with van der Waals surface area (Å²) in [6.45, 7) is 2.97. The molecule has 20 heavy (non-hydrogen) atoms. The summed E-state index contributed by atoms with van der Waals surface area (Å²) in [6.07, 6.45) is 2.65. The first-order chi connectivity index (χ1) is 9.58. The molecule has 0 radical (unpaired) electrons. The van der Waals surface area contributed by atoms with E-state index in [4.69, 9.17) is 15.2 Å². The normalized spacial score (nSPS) is 10.4. The maximum atomic E-state index is 11.5. The lowest BCUT2D eigenvalue weighted by atomic mass is 10.1. The van der Waals surface area contributed by atoms with Gasteiger partial charge in [-0.25, -0.2) is 4.79 Å². The first-order valence-corrected chi connectivity index (χ1v) is 8.13. The number of nitrogens with two attached hydrogens (primary N) is 1. The molecule has 0 spiro atoms. The lowest BCUT2D eigenvalue weighted by Gasteiger charge is -2.12. The van der Waals surface area contributed by atoms with Crippen molar-refractivity contribution in [1.82, 2.24) is 0 Å². The summed E-state index contributed by atoms with van der Waals surface area (Å²) in [5.41, 5.74) is 6.63. The zero-order valence-electron chi connectivity index (χ0n) is 11.5. The number of carbonyl (C=O) groups excluding carboxylic acids is 1. The van der Waals surface area contributed by atoms with Gasteiger partial charge in [0.1, 0.15) is 5.75 Å². The Balaban J connectivity index is 2.57. The van der Waals surface area contributed by atoms with Crippen LogP contribution in [0.25, 0.3) is 0 Å². The smallest absolute Gasteiger partial charge is 0.344 e.